The molecule has 0 aliphatic carbocycles. The van der Waals surface area contributed by atoms with Crippen LogP contribution in [-0.2, 0) is 6.42 Å². The van der Waals surface area contributed by atoms with Gasteiger partial charge < -0.3 is 5.73 Å². The van der Waals surface area contributed by atoms with Gasteiger partial charge in [0.15, 0.2) is 17.8 Å². The summed E-state index contributed by atoms with van der Waals surface area (Å²) in [6.45, 7) is 8.97. The number of halogens is 1. The van der Waals surface area contributed by atoms with Crippen LogP contribution in [0.4, 0.5) is 10.1 Å². The smallest absolute Gasteiger partial charge is 0.209 e. The lowest BCUT2D eigenvalue weighted by Crippen LogP contribution is -2.43. The minimum atomic E-state index is -0.215. The summed E-state index contributed by atoms with van der Waals surface area (Å²) < 4.78 is 13.3. The third-order valence-electron chi connectivity index (χ3n) is 7.03. The quantitative estimate of drug-likeness (QED) is 0.0844. The van der Waals surface area contributed by atoms with Crippen molar-refractivity contribution in [3.8, 4) is 6.19 Å². The monoisotopic (exact) mass is 517 g/mol. The second kappa shape index (κ2) is 13.6. The maximum absolute atomic E-state index is 13.3. The number of hydrogen-bond acceptors (Lipinski definition) is 5. The van der Waals surface area contributed by atoms with E-state index in [1.54, 1.807) is 0 Å². The van der Waals surface area contributed by atoms with E-state index in [0.29, 0.717) is 35.3 Å². The third kappa shape index (κ3) is 7.83. The molecule has 2 N–H and O–H groups in total. The first kappa shape index (κ1) is 28.7. The van der Waals surface area contributed by atoms with Crippen LogP contribution in [0.3, 0.4) is 0 Å². The Hall–Kier alpha value is -3.83. The van der Waals surface area contributed by atoms with Crippen LogP contribution >= 0.6 is 0 Å². The number of aliphatic imine (C=N–C) groups is 1. The number of anilines is 1. The van der Waals surface area contributed by atoms with Crippen molar-refractivity contribution in [2.45, 2.75) is 52.0 Å². The molecule has 0 bridgehead atoms. The molecule has 0 spiro atoms. The van der Waals surface area contributed by atoms with Gasteiger partial charge in [0, 0.05) is 30.3 Å². The molecule has 1 fully saturated rings. The standard InChI is InChI=1S/C30H36FN5O2/c1-4-13-35-14-11-24(15-23-7-9-27(31)10-8-23)16-28(35)6-5-12-34-30(33)36(20-32)29-18-25(21(2)37)17-26(19-29)22(3)38/h4,7-10,17-19,24,28H,1,5-6,11-16H2,2-3H3,(H2,33,34)/t24-,28-/m0/s1. The van der Waals surface area contributed by atoms with E-state index in [0.717, 1.165) is 55.7 Å². The molecule has 3 rings (SSSR count). The first-order chi connectivity index (χ1) is 18.2. The average molecular weight is 518 g/mol. The van der Waals surface area contributed by atoms with Gasteiger partial charge in [-0.05, 0) is 94.3 Å². The Bertz CT molecular complexity index is 1190. The van der Waals surface area contributed by atoms with Crippen molar-refractivity contribution in [3.63, 3.8) is 0 Å². The van der Waals surface area contributed by atoms with Crippen molar-refractivity contribution >= 4 is 23.2 Å². The fraction of sp³-hybridized carbons (Fsp3) is 0.400. The number of carbonyl (C=O) groups excluding carboxylic acids is 2. The molecule has 1 aliphatic rings. The molecule has 0 aromatic heterocycles. The summed E-state index contributed by atoms with van der Waals surface area (Å²) in [5, 5.41) is 9.74. The van der Waals surface area contributed by atoms with Crippen LogP contribution in [0.15, 0.2) is 60.1 Å². The fourth-order valence-electron chi connectivity index (χ4n) is 5.01. The zero-order chi connectivity index (χ0) is 27.7. The van der Waals surface area contributed by atoms with Gasteiger partial charge in [0.25, 0.3) is 0 Å². The Labute approximate surface area is 224 Å². The minimum Gasteiger partial charge on any atom is -0.369 e. The van der Waals surface area contributed by atoms with Gasteiger partial charge in [0.05, 0.1) is 5.69 Å². The molecule has 8 heteroatoms. The van der Waals surface area contributed by atoms with Gasteiger partial charge in [-0.3, -0.25) is 19.5 Å². The first-order valence-electron chi connectivity index (χ1n) is 13.0. The summed E-state index contributed by atoms with van der Waals surface area (Å²) in [4.78, 5) is 31.9. The Kier molecular flexibility index (Phi) is 10.3. The van der Waals surface area contributed by atoms with Crippen LogP contribution in [0.1, 0.15) is 65.8 Å². The maximum atomic E-state index is 13.3. The molecule has 2 atom stereocenters. The van der Waals surface area contributed by atoms with Crippen LogP contribution in [0.25, 0.3) is 0 Å². The number of hydrogen-bond donors (Lipinski definition) is 1. The summed E-state index contributed by atoms with van der Waals surface area (Å²) in [6, 6.07) is 11.7. The largest absolute Gasteiger partial charge is 0.369 e. The van der Waals surface area contributed by atoms with E-state index >= 15 is 0 Å². The van der Waals surface area contributed by atoms with E-state index in [2.05, 4.69) is 16.5 Å². The van der Waals surface area contributed by atoms with E-state index in [4.69, 9.17) is 5.73 Å². The summed E-state index contributed by atoms with van der Waals surface area (Å²) in [5.41, 5.74) is 8.31. The molecular weight excluding hydrogens is 481 g/mol. The molecule has 2 aromatic carbocycles. The van der Waals surface area contributed by atoms with Gasteiger partial charge in [-0.25, -0.2) is 9.29 Å². The lowest BCUT2D eigenvalue weighted by molar-refractivity contribution is 0.101. The van der Waals surface area contributed by atoms with Crippen molar-refractivity contribution in [1.29, 1.82) is 5.26 Å². The fourth-order valence-corrected chi connectivity index (χ4v) is 5.01. The predicted molar refractivity (Wildman–Crippen MR) is 149 cm³/mol. The highest BCUT2D eigenvalue weighted by Gasteiger charge is 2.27. The van der Waals surface area contributed by atoms with Crippen LogP contribution in [-0.4, -0.2) is 48.1 Å². The Morgan fingerprint density at radius 1 is 1.21 bits per heavy atom. The average Bonchev–Trinajstić information content (AvgIpc) is 2.89. The number of guanidine groups is 1. The summed E-state index contributed by atoms with van der Waals surface area (Å²) in [5.74, 6) is -0.0937. The molecule has 1 saturated heterocycles. The highest BCUT2D eigenvalue weighted by atomic mass is 19.1. The van der Waals surface area contributed by atoms with Gasteiger partial charge in [0.2, 0.25) is 5.96 Å². The molecule has 1 heterocycles. The van der Waals surface area contributed by atoms with Gasteiger partial charge >= 0.3 is 0 Å². The molecule has 0 unspecified atom stereocenters. The number of piperidine rings is 1. The van der Waals surface area contributed by atoms with Crippen molar-refractivity contribution in [2.75, 3.05) is 24.5 Å². The lowest BCUT2D eigenvalue weighted by atomic mass is 9.84. The van der Waals surface area contributed by atoms with Crippen LogP contribution < -0.4 is 10.6 Å². The number of nitrogens with two attached hydrogens (primary N) is 1. The number of benzene rings is 2. The maximum Gasteiger partial charge on any atom is 0.209 e. The molecule has 7 nitrogen and oxygen atoms in total. The van der Waals surface area contributed by atoms with Crippen LogP contribution in [0, 0.1) is 23.2 Å². The summed E-state index contributed by atoms with van der Waals surface area (Å²) in [7, 11) is 0. The van der Waals surface area contributed by atoms with E-state index in [1.165, 1.54) is 44.2 Å². The van der Waals surface area contributed by atoms with Crippen molar-refractivity contribution < 1.29 is 14.0 Å². The first-order valence-corrected chi connectivity index (χ1v) is 13.0. The molecular formula is C30H36FN5O2. The molecule has 0 amide bonds. The van der Waals surface area contributed by atoms with Gasteiger partial charge in [-0.15, -0.1) is 6.58 Å². The number of likely N-dealkylation sites (tertiary alicyclic amines) is 1. The topological polar surface area (TPSA) is 103 Å². The van der Waals surface area contributed by atoms with Gasteiger partial charge in [-0.1, -0.05) is 18.2 Å². The van der Waals surface area contributed by atoms with E-state index in [1.807, 2.05) is 24.4 Å². The highest BCUT2D eigenvalue weighted by Crippen LogP contribution is 2.29. The molecule has 200 valence electrons. The number of rotatable bonds is 11. The number of carbonyl (C=O) groups is 2. The summed E-state index contributed by atoms with van der Waals surface area (Å²) in [6.07, 6.45) is 8.71. The van der Waals surface area contributed by atoms with E-state index < -0.39 is 0 Å². The number of Topliss-reactive ketones (excluding diaryl/α,β-unsaturated/α-hetero) is 2. The van der Waals surface area contributed by atoms with Crippen molar-refractivity contribution in [2.24, 2.45) is 16.6 Å². The van der Waals surface area contributed by atoms with Crippen LogP contribution in [0.2, 0.25) is 0 Å². The van der Waals surface area contributed by atoms with Gasteiger partial charge in [-0.2, -0.15) is 5.26 Å². The Balaban J connectivity index is 1.64. The zero-order valence-corrected chi connectivity index (χ0v) is 22.2. The third-order valence-corrected chi connectivity index (χ3v) is 7.03. The Morgan fingerprint density at radius 3 is 2.45 bits per heavy atom. The number of ketones is 2. The van der Waals surface area contributed by atoms with Crippen LogP contribution in [0.5, 0.6) is 0 Å². The predicted octanol–water partition coefficient (Wildman–Crippen LogP) is 5.12. The molecule has 2 aromatic rings. The molecule has 0 saturated carbocycles. The van der Waals surface area contributed by atoms with E-state index in [9.17, 15) is 19.2 Å². The molecule has 38 heavy (non-hydrogen) atoms. The number of nitrogens with zero attached hydrogens (tertiary/aromatic N) is 4. The summed E-state index contributed by atoms with van der Waals surface area (Å²) >= 11 is 0. The molecule has 0 radical (unpaired) electrons. The lowest BCUT2D eigenvalue weighted by Gasteiger charge is -2.39. The second-order valence-corrected chi connectivity index (χ2v) is 9.86. The molecule has 1 aliphatic heterocycles. The van der Waals surface area contributed by atoms with Crippen molar-refractivity contribution in [1.82, 2.24) is 4.90 Å². The van der Waals surface area contributed by atoms with E-state index in [-0.39, 0.29) is 23.3 Å². The second-order valence-electron chi connectivity index (χ2n) is 9.86. The normalized spacial score (nSPS) is 18.0. The van der Waals surface area contributed by atoms with Gasteiger partial charge in [0.1, 0.15) is 5.82 Å². The highest BCUT2D eigenvalue weighted by molar-refractivity contribution is 6.04. The zero-order valence-electron chi connectivity index (χ0n) is 22.2. The Morgan fingerprint density at radius 2 is 1.87 bits per heavy atom. The SMILES string of the molecule is C=CCN1CC[C@@H](Cc2ccc(F)cc2)C[C@@H]1CCCN=C(N)N(C#N)c1cc(C(C)=O)cc(C(C)=O)c1. The van der Waals surface area contributed by atoms with Crippen molar-refractivity contribution in [3.05, 3.63) is 77.6 Å². The minimum absolute atomic E-state index is 0.0171. The number of nitriles is 1.